The van der Waals surface area contributed by atoms with Crippen LogP contribution in [-0.4, -0.2) is 54.4 Å². The van der Waals surface area contributed by atoms with Gasteiger partial charge >= 0.3 is 17.9 Å². The lowest BCUT2D eigenvalue weighted by molar-refractivity contribution is -0.169. The van der Waals surface area contributed by atoms with Gasteiger partial charge in [0.05, 0.1) is 13.5 Å². The lowest BCUT2D eigenvalue weighted by Crippen LogP contribution is -2.31. The van der Waals surface area contributed by atoms with Crippen LogP contribution in [0.5, 0.6) is 0 Å². The summed E-state index contributed by atoms with van der Waals surface area (Å²) in [6.07, 6.45) is 0.773. The molecule has 0 heterocycles. The molecule has 0 saturated carbocycles. The number of esters is 3. The summed E-state index contributed by atoms with van der Waals surface area (Å²) >= 11 is 0. The van der Waals surface area contributed by atoms with Crippen molar-refractivity contribution in [1.29, 1.82) is 0 Å². The zero-order chi connectivity index (χ0) is 30.0. The van der Waals surface area contributed by atoms with E-state index >= 15 is 0 Å². The third kappa shape index (κ3) is 27.2. The standard InChI is InChI=1S/C12H14O5.C8H14O4.C6H10.C3H8/c1-16-11(14)7-10(13)12(15)17-8-9-5-3-2-4-6-9;1-6(11-5-9)7(10)12-8(2,3)4;1-3-5-6-4-2;1-3-2/h2-6,10,13H,7-8H2,1H3;5-6H,1-4H3;3,5H2,1-2H3;3H2,1-2H3. The molecule has 0 bridgehead atoms. The van der Waals surface area contributed by atoms with Crippen molar-refractivity contribution in [2.75, 3.05) is 7.11 Å². The lowest BCUT2D eigenvalue weighted by atomic mass is 10.2. The average Bonchev–Trinajstić information content (AvgIpc) is 2.86. The Morgan fingerprint density at radius 1 is 1.05 bits per heavy atom. The minimum atomic E-state index is -1.48. The van der Waals surface area contributed by atoms with Crippen molar-refractivity contribution in [3.05, 3.63) is 35.9 Å². The number of benzene rings is 1. The molecule has 38 heavy (non-hydrogen) atoms. The number of carbonyl (C=O) groups excluding carboxylic acids is 4. The Bertz CT molecular complexity index is 818. The molecule has 0 saturated heterocycles. The van der Waals surface area contributed by atoms with Crippen molar-refractivity contribution in [1.82, 2.24) is 0 Å². The molecular formula is C29H46O9. The van der Waals surface area contributed by atoms with Crippen LogP contribution in [0.3, 0.4) is 0 Å². The molecule has 0 amide bonds. The predicted octanol–water partition coefficient (Wildman–Crippen LogP) is 4.77. The summed E-state index contributed by atoms with van der Waals surface area (Å²) in [5.41, 5.74) is 0.267. The molecule has 0 aromatic heterocycles. The molecule has 1 aromatic carbocycles. The number of hydrogen-bond donors (Lipinski definition) is 1. The van der Waals surface area contributed by atoms with Crippen LogP contribution in [0.4, 0.5) is 0 Å². The maximum Gasteiger partial charge on any atom is 0.347 e. The largest absolute Gasteiger partial charge is 0.469 e. The summed E-state index contributed by atoms with van der Waals surface area (Å²) in [6.45, 7) is 15.3. The monoisotopic (exact) mass is 538 g/mol. The first-order valence-corrected chi connectivity index (χ1v) is 12.5. The highest BCUT2D eigenvalue weighted by Crippen LogP contribution is 2.09. The second-order valence-corrected chi connectivity index (χ2v) is 8.68. The minimum Gasteiger partial charge on any atom is -0.469 e. The van der Waals surface area contributed by atoms with Gasteiger partial charge in [0.25, 0.3) is 6.47 Å². The maximum atomic E-state index is 11.3. The molecule has 1 rings (SSSR count). The van der Waals surface area contributed by atoms with E-state index in [9.17, 15) is 24.3 Å². The van der Waals surface area contributed by atoms with Crippen molar-refractivity contribution in [3.8, 4) is 11.8 Å². The molecule has 216 valence electrons. The minimum absolute atomic E-state index is 0.0674. The van der Waals surface area contributed by atoms with E-state index < -0.39 is 42.1 Å². The Hall–Kier alpha value is -3.38. The number of rotatable bonds is 9. The van der Waals surface area contributed by atoms with Crippen LogP contribution in [0.15, 0.2) is 30.3 Å². The molecule has 0 fully saturated rings. The van der Waals surface area contributed by atoms with E-state index in [0.29, 0.717) is 0 Å². The lowest BCUT2D eigenvalue weighted by Gasteiger charge is -2.21. The van der Waals surface area contributed by atoms with Gasteiger partial charge in [0, 0.05) is 6.42 Å². The van der Waals surface area contributed by atoms with Gasteiger partial charge in [0.2, 0.25) is 0 Å². The van der Waals surface area contributed by atoms with Gasteiger partial charge in [-0.05, 0) is 46.6 Å². The molecule has 9 heteroatoms. The van der Waals surface area contributed by atoms with Crippen molar-refractivity contribution >= 4 is 24.4 Å². The zero-order valence-corrected chi connectivity index (χ0v) is 24.4. The van der Waals surface area contributed by atoms with Crippen LogP contribution in [-0.2, 0) is 44.7 Å². The summed E-state index contributed by atoms with van der Waals surface area (Å²) in [6, 6.07) is 9.06. The fraction of sp³-hybridized carbons (Fsp3) is 0.586. The van der Waals surface area contributed by atoms with Crippen LogP contribution in [0.2, 0.25) is 0 Å². The molecular weight excluding hydrogens is 492 g/mol. The summed E-state index contributed by atoms with van der Waals surface area (Å²) in [4.78, 5) is 43.0. The average molecular weight is 539 g/mol. The number of ether oxygens (including phenoxy) is 4. The van der Waals surface area contributed by atoms with Gasteiger partial charge < -0.3 is 24.1 Å². The van der Waals surface area contributed by atoms with E-state index in [2.05, 4.69) is 42.1 Å². The molecule has 0 aliphatic rings. The summed E-state index contributed by atoms with van der Waals surface area (Å²) in [7, 11) is 1.18. The molecule has 0 aliphatic heterocycles. The van der Waals surface area contributed by atoms with Gasteiger partial charge in [0.15, 0.2) is 12.2 Å². The summed E-state index contributed by atoms with van der Waals surface area (Å²) in [5, 5.41) is 9.32. The Kier molecular flexibility index (Phi) is 26.0. The topological polar surface area (TPSA) is 125 Å². The van der Waals surface area contributed by atoms with E-state index in [0.717, 1.165) is 12.0 Å². The fourth-order valence-electron chi connectivity index (χ4n) is 1.92. The SMILES string of the molecule is CC#CCCC.CC(OC=O)C(=O)OC(C)(C)C.CCC.COC(=O)CC(O)C(=O)OCc1ccccc1. The van der Waals surface area contributed by atoms with Crippen LogP contribution >= 0.6 is 0 Å². The van der Waals surface area contributed by atoms with E-state index in [1.165, 1.54) is 26.9 Å². The van der Waals surface area contributed by atoms with E-state index in [4.69, 9.17) is 9.47 Å². The molecule has 9 nitrogen and oxygen atoms in total. The maximum absolute atomic E-state index is 11.3. The molecule has 0 radical (unpaired) electrons. The first-order chi connectivity index (χ1) is 17.8. The van der Waals surface area contributed by atoms with Crippen LogP contribution in [0.25, 0.3) is 0 Å². The van der Waals surface area contributed by atoms with Gasteiger partial charge in [-0.1, -0.05) is 57.5 Å². The molecule has 2 atom stereocenters. The summed E-state index contributed by atoms with van der Waals surface area (Å²) in [5.74, 6) is 3.74. The Labute approximate surface area is 228 Å². The summed E-state index contributed by atoms with van der Waals surface area (Å²) < 4.78 is 18.5. The van der Waals surface area contributed by atoms with Gasteiger partial charge in [-0.25, -0.2) is 9.59 Å². The Morgan fingerprint density at radius 3 is 2.00 bits per heavy atom. The first kappa shape index (κ1) is 39.1. The fourth-order valence-corrected chi connectivity index (χ4v) is 1.92. The van der Waals surface area contributed by atoms with Crippen LogP contribution in [0, 0.1) is 11.8 Å². The molecule has 2 unspecified atom stereocenters. The number of aliphatic hydroxyl groups excluding tert-OH is 1. The number of hydrogen-bond acceptors (Lipinski definition) is 9. The number of unbranched alkanes of at least 4 members (excludes halogenated alkanes) is 1. The Balaban J connectivity index is -0.000000506. The van der Waals surface area contributed by atoms with Crippen LogP contribution in [0.1, 0.15) is 86.6 Å². The smallest absolute Gasteiger partial charge is 0.347 e. The Morgan fingerprint density at radius 2 is 1.61 bits per heavy atom. The van der Waals surface area contributed by atoms with Crippen molar-refractivity contribution < 1.29 is 43.2 Å². The highest BCUT2D eigenvalue weighted by molar-refractivity contribution is 5.81. The molecule has 0 spiro atoms. The highest BCUT2D eigenvalue weighted by atomic mass is 16.6. The van der Waals surface area contributed by atoms with E-state index in [1.807, 2.05) is 25.1 Å². The van der Waals surface area contributed by atoms with Gasteiger partial charge in [-0.2, -0.15) is 0 Å². The zero-order valence-electron chi connectivity index (χ0n) is 24.4. The highest BCUT2D eigenvalue weighted by Gasteiger charge is 2.22. The second-order valence-electron chi connectivity index (χ2n) is 8.68. The molecule has 1 N–H and O–H groups in total. The van der Waals surface area contributed by atoms with Crippen molar-refractivity contribution in [2.24, 2.45) is 0 Å². The predicted molar refractivity (Wildman–Crippen MR) is 146 cm³/mol. The quantitative estimate of drug-likeness (QED) is 0.205. The third-order valence-electron chi connectivity index (χ3n) is 3.63. The number of carbonyl (C=O) groups is 4. The number of aliphatic hydroxyl groups is 1. The number of methoxy groups -OCH3 is 1. The first-order valence-electron chi connectivity index (χ1n) is 12.5. The van der Waals surface area contributed by atoms with Gasteiger partial charge in [-0.15, -0.1) is 11.8 Å². The molecule has 1 aromatic rings. The van der Waals surface area contributed by atoms with Gasteiger partial charge in [-0.3, -0.25) is 9.59 Å². The van der Waals surface area contributed by atoms with Crippen molar-refractivity contribution in [2.45, 2.75) is 105 Å². The van der Waals surface area contributed by atoms with Crippen LogP contribution < -0.4 is 0 Å². The van der Waals surface area contributed by atoms with E-state index in [1.54, 1.807) is 32.9 Å². The van der Waals surface area contributed by atoms with Gasteiger partial charge in [0.1, 0.15) is 12.2 Å². The molecule has 0 aliphatic carbocycles. The van der Waals surface area contributed by atoms with Crippen molar-refractivity contribution in [3.63, 3.8) is 0 Å². The normalized spacial score (nSPS) is 10.9. The van der Waals surface area contributed by atoms with E-state index in [-0.39, 0.29) is 13.1 Å². The third-order valence-corrected chi connectivity index (χ3v) is 3.63. The second kappa shape index (κ2) is 25.3.